The second-order valence-corrected chi connectivity index (χ2v) is 5.87. The standard InChI is InChI=1S/2C11H7F3N2O.Cu/c2*12-11(13,14)10(17)5-6-16-9-4-2-1-3-8(9)7-15;/h2*1-6,17H;/q;;+2/p-2/b2*10-5-,16-6?;. The minimum Gasteiger partial charge on any atom is -0.869 e. The normalized spacial score (nSPS) is 12.3. The minimum absolute atomic E-state index is 0. The fourth-order valence-electron chi connectivity index (χ4n) is 1.92. The molecule has 35 heavy (non-hydrogen) atoms. The van der Waals surface area contributed by atoms with Gasteiger partial charge in [-0.3, -0.25) is 9.98 Å². The van der Waals surface area contributed by atoms with Gasteiger partial charge in [0.2, 0.25) is 0 Å². The van der Waals surface area contributed by atoms with Crippen LogP contribution in [-0.4, -0.2) is 24.8 Å². The Labute approximate surface area is 206 Å². The van der Waals surface area contributed by atoms with Gasteiger partial charge in [-0.2, -0.15) is 36.9 Å². The van der Waals surface area contributed by atoms with Crippen molar-refractivity contribution in [2.75, 3.05) is 0 Å². The number of aliphatic imine (C=N–C) groups is 2. The van der Waals surface area contributed by atoms with Gasteiger partial charge in [0, 0.05) is 12.4 Å². The van der Waals surface area contributed by atoms with Crippen molar-refractivity contribution in [2.45, 2.75) is 12.4 Å². The van der Waals surface area contributed by atoms with E-state index >= 15 is 0 Å². The number of benzene rings is 2. The van der Waals surface area contributed by atoms with Gasteiger partial charge in [0.1, 0.15) is 12.1 Å². The van der Waals surface area contributed by atoms with Crippen LogP contribution in [0.15, 0.2) is 82.2 Å². The molecule has 0 aromatic heterocycles. The van der Waals surface area contributed by atoms with Gasteiger partial charge >= 0.3 is 29.4 Å². The van der Waals surface area contributed by atoms with Gasteiger partial charge in [0.25, 0.3) is 0 Å². The summed E-state index contributed by atoms with van der Waals surface area (Å²) >= 11 is 0. The Balaban J connectivity index is 0.000000642. The van der Waals surface area contributed by atoms with Crippen molar-refractivity contribution in [3.05, 3.63) is 83.3 Å². The molecule has 0 spiro atoms. The number of nitrogens with zero attached hydrogens (tertiary/aromatic N) is 4. The summed E-state index contributed by atoms with van der Waals surface area (Å²) in [7, 11) is 0. The molecule has 0 aliphatic heterocycles. The van der Waals surface area contributed by atoms with Crippen LogP contribution in [0.4, 0.5) is 37.7 Å². The van der Waals surface area contributed by atoms with Crippen molar-refractivity contribution in [1.82, 2.24) is 0 Å². The van der Waals surface area contributed by atoms with Gasteiger partial charge in [-0.05, 0) is 47.9 Å². The van der Waals surface area contributed by atoms with E-state index in [0.29, 0.717) is 12.2 Å². The van der Waals surface area contributed by atoms with Crippen LogP contribution in [0.2, 0.25) is 0 Å². The van der Waals surface area contributed by atoms with Crippen molar-refractivity contribution in [3.8, 4) is 12.1 Å². The van der Waals surface area contributed by atoms with Gasteiger partial charge < -0.3 is 10.2 Å². The first kappa shape index (κ1) is 30.9. The van der Waals surface area contributed by atoms with E-state index in [-0.39, 0.29) is 39.6 Å². The fourth-order valence-corrected chi connectivity index (χ4v) is 1.92. The Kier molecular flexibility index (Phi) is 12.6. The van der Waals surface area contributed by atoms with Gasteiger partial charge in [0.05, 0.1) is 22.5 Å². The van der Waals surface area contributed by atoms with Crippen LogP contribution in [0.5, 0.6) is 0 Å². The van der Waals surface area contributed by atoms with Crippen LogP contribution in [0.25, 0.3) is 0 Å². The Morgan fingerprint density at radius 1 is 0.686 bits per heavy atom. The molecule has 2 aromatic carbocycles. The Hall–Kier alpha value is -4.06. The number of rotatable bonds is 4. The first-order valence-electron chi connectivity index (χ1n) is 8.85. The number of hydrogen-bond donors (Lipinski definition) is 0. The third-order valence-electron chi connectivity index (χ3n) is 3.49. The van der Waals surface area contributed by atoms with E-state index in [1.807, 2.05) is 12.1 Å². The van der Waals surface area contributed by atoms with Crippen LogP contribution in [0.3, 0.4) is 0 Å². The molecule has 6 nitrogen and oxygen atoms in total. The number of halogens is 6. The van der Waals surface area contributed by atoms with Gasteiger partial charge in [-0.15, -0.1) is 0 Å². The summed E-state index contributed by atoms with van der Waals surface area (Å²) in [6.07, 6.45) is -7.72. The smallest absolute Gasteiger partial charge is 0.869 e. The van der Waals surface area contributed by atoms with E-state index in [4.69, 9.17) is 10.5 Å². The SMILES string of the molecule is N#Cc1ccccc1N=C/C=C(\[O-])C(F)(F)F.N#Cc1ccccc1N=C/C=C(\[O-])C(F)(F)F.[Cu+2]. The maximum Gasteiger partial charge on any atom is 2.00 e. The van der Waals surface area contributed by atoms with Crippen molar-refractivity contribution < 1.29 is 53.6 Å². The van der Waals surface area contributed by atoms with Gasteiger partial charge in [-0.25, -0.2) is 0 Å². The van der Waals surface area contributed by atoms with E-state index in [1.54, 1.807) is 24.3 Å². The molecule has 0 fully saturated rings. The fraction of sp³-hybridized carbons (Fsp3) is 0.0909. The molecular weight excluding hydrogens is 530 g/mol. The van der Waals surface area contributed by atoms with Gasteiger partial charge in [-0.1, -0.05) is 24.3 Å². The summed E-state index contributed by atoms with van der Waals surface area (Å²) < 4.78 is 71.0. The molecule has 0 atom stereocenters. The van der Waals surface area contributed by atoms with Crippen LogP contribution in [-0.2, 0) is 17.1 Å². The molecule has 0 N–H and O–H groups in total. The first-order valence-corrected chi connectivity index (χ1v) is 8.85. The molecule has 0 amide bonds. The van der Waals surface area contributed by atoms with Crippen LogP contribution in [0.1, 0.15) is 11.1 Å². The molecule has 0 bridgehead atoms. The molecule has 13 heteroatoms. The van der Waals surface area contributed by atoms with Crippen LogP contribution < -0.4 is 10.2 Å². The molecule has 0 saturated carbocycles. The molecule has 1 radical (unpaired) electrons. The number of allylic oxidation sites excluding steroid dienone is 4. The Morgan fingerprint density at radius 2 is 1.00 bits per heavy atom. The average molecular weight is 542 g/mol. The third kappa shape index (κ3) is 11.1. The summed E-state index contributed by atoms with van der Waals surface area (Å²) in [5.74, 6) is -3.98. The molecular formula is C22H12CuF6N4O2. The molecule has 0 aliphatic rings. The van der Waals surface area contributed by atoms with Crippen LogP contribution >= 0.6 is 0 Å². The summed E-state index contributed by atoms with van der Waals surface area (Å²) in [5, 5.41) is 38.3. The minimum atomic E-state index is -4.90. The summed E-state index contributed by atoms with van der Waals surface area (Å²) in [6.45, 7) is 0. The summed E-state index contributed by atoms with van der Waals surface area (Å²) in [6, 6.07) is 15.9. The predicted molar refractivity (Wildman–Crippen MR) is 107 cm³/mol. The van der Waals surface area contributed by atoms with E-state index in [2.05, 4.69) is 9.98 Å². The van der Waals surface area contributed by atoms with Crippen molar-refractivity contribution in [3.63, 3.8) is 0 Å². The molecule has 0 heterocycles. The second-order valence-electron chi connectivity index (χ2n) is 5.87. The quantitative estimate of drug-likeness (QED) is 0.250. The summed E-state index contributed by atoms with van der Waals surface area (Å²) in [4.78, 5) is 7.21. The topological polar surface area (TPSA) is 118 Å². The molecule has 0 aliphatic carbocycles. The molecule has 0 unspecified atom stereocenters. The molecule has 2 aromatic rings. The van der Waals surface area contributed by atoms with E-state index in [1.165, 1.54) is 24.3 Å². The summed E-state index contributed by atoms with van der Waals surface area (Å²) in [5.41, 5.74) is 0.857. The van der Waals surface area contributed by atoms with E-state index < -0.39 is 23.9 Å². The zero-order valence-corrected chi connectivity index (χ0v) is 18.0. The van der Waals surface area contributed by atoms with Crippen molar-refractivity contribution in [2.24, 2.45) is 9.98 Å². The number of para-hydroxylation sites is 2. The number of hydrogen-bond acceptors (Lipinski definition) is 6. The molecule has 0 saturated heterocycles. The zero-order chi connectivity index (χ0) is 25.8. The molecule has 2 rings (SSSR count). The predicted octanol–water partition coefficient (Wildman–Crippen LogP) is 4.13. The van der Waals surface area contributed by atoms with E-state index in [9.17, 15) is 36.6 Å². The van der Waals surface area contributed by atoms with Crippen molar-refractivity contribution >= 4 is 23.8 Å². The Bertz CT molecular complexity index is 1100. The monoisotopic (exact) mass is 541 g/mol. The Morgan fingerprint density at radius 3 is 1.29 bits per heavy atom. The number of nitriles is 2. The van der Waals surface area contributed by atoms with E-state index in [0.717, 1.165) is 12.4 Å². The number of alkyl halides is 6. The zero-order valence-electron chi connectivity index (χ0n) is 17.1. The molecule has 185 valence electrons. The maximum atomic E-state index is 11.8. The van der Waals surface area contributed by atoms with Gasteiger partial charge in [0.15, 0.2) is 0 Å². The third-order valence-corrected chi connectivity index (χ3v) is 3.49. The first-order chi connectivity index (χ1) is 15.9. The maximum absolute atomic E-state index is 11.8. The second kappa shape index (κ2) is 14.3. The average Bonchev–Trinajstić information content (AvgIpc) is 2.78. The van der Waals surface area contributed by atoms with Crippen LogP contribution in [0, 0.1) is 22.7 Å². The largest absolute Gasteiger partial charge is 2.00 e. The van der Waals surface area contributed by atoms with Crippen molar-refractivity contribution in [1.29, 1.82) is 10.5 Å².